The van der Waals surface area contributed by atoms with Crippen LogP contribution in [-0.4, -0.2) is 22.1 Å². The Bertz CT molecular complexity index is 884. The minimum atomic E-state index is -0.159. The number of rotatable bonds is 5. The first kappa shape index (κ1) is 17.0. The monoisotopic (exact) mass is 350 g/mol. The van der Waals surface area contributed by atoms with Gasteiger partial charge in [-0.2, -0.15) is 0 Å². The van der Waals surface area contributed by atoms with Gasteiger partial charge in [-0.1, -0.05) is 12.1 Å². The highest BCUT2D eigenvalue weighted by molar-refractivity contribution is 7.98. The van der Waals surface area contributed by atoms with Crippen LogP contribution in [-0.2, 0) is 4.79 Å². The molecule has 0 spiro atoms. The zero-order valence-electron chi connectivity index (χ0n) is 14.0. The summed E-state index contributed by atoms with van der Waals surface area (Å²) in [5.41, 5.74) is 3.47. The number of benzene rings is 1. The van der Waals surface area contributed by atoms with E-state index in [-0.39, 0.29) is 5.91 Å². The lowest BCUT2D eigenvalue weighted by Crippen LogP contribution is -2.08. The lowest BCUT2D eigenvalue weighted by atomic mass is 10.1. The van der Waals surface area contributed by atoms with Gasteiger partial charge in [-0.05, 0) is 36.6 Å². The van der Waals surface area contributed by atoms with E-state index >= 15 is 0 Å². The maximum atomic E-state index is 11.3. The maximum Gasteiger partial charge on any atom is 0.222 e. The topological polar surface area (TPSA) is 66.9 Å². The Labute approximate surface area is 150 Å². The van der Waals surface area contributed by atoms with Crippen molar-refractivity contribution in [3.8, 4) is 11.3 Å². The van der Waals surface area contributed by atoms with Crippen molar-refractivity contribution in [3.63, 3.8) is 0 Å². The molecule has 2 N–H and O–H groups in total. The average Bonchev–Trinajstić information content (AvgIpc) is 2.62. The summed E-state index contributed by atoms with van der Waals surface area (Å²) in [4.78, 5) is 21.2. The summed E-state index contributed by atoms with van der Waals surface area (Å²) in [5.74, 6) is 0.337. The van der Waals surface area contributed by atoms with Gasteiger partial charge in [0, 0.05) is 41.5 Å². The first-order valence-electron chi connectivity index (χ1n) is 7.76. The molecule has 3 aromatic rings. The second kappa shape index (κ2) is 7.81. The molecule has 0 bridgehead atoms. The molecule has 2 aromatic heterocycles. The fourth-order valence-corrected chi connectivity index (χ4v) is 2.85. The second-order valence-electron chi connectivity index (χ2n) is 5.37. The molecule has 0 atom stereocenters. The van der Waals surface area contributed by atoms with Gasteiger partial charge in [0.2, 0.25) is 5.91 Å². The summed E-state index contributed by atoms with van der Waals surface area (Å²) in [6.45, 7) is 1.46. The smallest absolute Gasteiger partial charge is 0.222 e. The molecule has 0 aliphatic heterocycles. The highest BCUT2D eigenvalue weighted by Gasteiger charge is 2.10. The summed E-state index contributed by atoms with van der Waals surface area (Å²) < 4.78 is 0. The molecule has 2 heterocycles. The van der Waals surface area contributed by atoms with Gasteiger partial charge in [-0.3, -0.25) is 9.78 Å². The third-order valence-corrected chi connectivity index (χ3v) is 4.22. The van der Waals surface area contributed by atoms with Crippen molar-refractivity contribution in [3.05, 3.63) is 60.9 Å². The van der Waals surface area contributed by atoms with E-state index in [9.17, 15) is 4.79 Å². The van der Waals surface area contributed by atoms with Crippen LogP contribution in [0.1, 0.15) is 6.92 Å². The molecule has 6 heteroatoms. The van der Waals surface area contributed by atoms with Crippen LogP contribution < -0.4 is 10.6 Å². The number of aromatic nitrogens is 2. The number of hydrogen-bond donors (Lipinski definition) is 2. The van der Waals surface area contributed by atoms with Gasteiger partial charge in [0.25, 0.3) is 0 Å². The molecule has 0 saturated carbocycles. The van der Waals surface area contributed by atoms with Crippen molar-refractivity contribution >= 4 is 34.9 Å². The van der Waals surface area contributed by atoms with Crippen molar-refractivity contribution in [1.29, 1.82) is 0 Å². The molecule has 0 aliphatic rings. The number of anilines is 3. The van der Waals surface area contributed by atoms with Gasteiger partial charge < -0.3 is 10.6 Å². The van der Waals surface area contributed by atoms with Gasteiger partial charge in [0.1, 0.15) is 5.82 Å². The predicted octanol–water partition coefficient (Wildman–Crippen LogP) is 4.57. The van der Waals surface area contributed by atoms with E-state index in [1.54, 1.807) is 24.2 Å². The Hall–Kier alpha value is -2.86. The molecule has 0 unspecified atom stereocenters. The number of thioether (sulfide) groups is 1. The third-order valence-electron chi connectivity index (χ3n) is 3.50. The van der Waals surface area contributed by atoms with Gasteiger partial charge >= 0.3 is 0 Å². The van der Waals surface area contributed by atoms with Crippen molar-refractivity contribution in [2.75, 3.05) is 16.9 Å². The SMILES string of the molecule is CSc1cccc(Nc2cc(NC(C)=O)ncc2-c2ccccn2)c1. The molecular formula is C19H18N4OS. The largest absolute Gasteiger partial charge is 0.355 e. The molecule has 0 aliphatic carbocycles. The summed E-state index contributed by atoms with van der Waals surface area (Å²) in [5, 5.41) is 6.13. The Balaban J connectivity index is 2.02. The van der Waals surface area contributed by atoms with Gasteiger partial charge in [-0.25, -0.2) is 4.98 Å². The van der Waals surface area contributed by atoms with E-state index < -0.39 is 0 Å². The van der Waals surface area contributed by atoms with E-state index in [4.69, 9.17) is 0 Å². The predicted molar refractivity (Wildman–Crippen MR) is 103 cm³/mol. The van der Waals surface area contributed by atoms with Crippen LogP contribution >= 0.6 is 11.8 Å². The van der Waals surface area contributed by atoms with Crippen LogP contribution in [0.2, 0.25) is 0 Å². The number of amides is 1. The fraction of sp³-hybridized carbons (Fsp3) is 0.105. The van der Waals surface area contributed by atoms with Gasteiger partial charge in [0.05, 0.1) is 11.4 Å². The molecular weight excluding hydrogens is 332 g/mol. The van der Waals surface area contributed by atoms with E-state index in [1.807, 2.05) is 42.7 Å². The Morgan fingerprint density at radius 1 is 1.08 bits per heavy atom. The van der Waals surface area contributed by atoms with Crippen LogP contribution in [0.5, 0.6) is 0 Å². The standard InChI is InChI=1S/C19H18N4OS/c1-13(24)22-19-11-18(23-14-6-5-7-15(10-14)25-2)16(12-21-19)17-8-3-4-9-20-17/h3-12H,1-2H3,(H2,21,22,23,24). The lowest BCUT2D eigenvalue weighted by molar-refractivity contribution is -0.114. The molecule has 0 radical (unpaired) electrons. The molecule has 1 aromatic carbocycles. The molecule has 1 amide bonds. The van der Waals surface area contributed by atoms with Crippen LogP contribution in [0.25, 0.3) is 11.3 Å². The minimum Gasteiger partial charge on any atom is -0.355 e. The first-order valence-corrected chi connectivity index (χ1v) is 8.98. The third kappa shape index (κ3) is 4.36. The fourth-order valence-electron chi connectivity index (χ4n) is 2.39. The number of nitrogens with one attached hydrogen (secondary N) is 2. The van der Waals surface area contributed by atoms with Crippen LogP contribution in [0.15, 0.2) is 65.8 Å². The van der Waals surface area contributed by atoms with E-state index in [1.165, 1.54) is 11.8 Å². The Morgan fingerprint density at radius 3 is 2.68 bits per heavy atom. The molecule has 5 nitrogen and oxygen atoms in total. The van der Waals surface area contributed by atoms with E-state index in [0.717, 1.165) is 22.6 Å². The highest BCUT2D eigenvalue weighted by Crippen LogP contribution is 2.31. The van der Waals surface area contributed by atoms with E-state index in [2.05, 4.69) is 32.7 Å². The van der Waals surface area contributed by atoms with Gasteiger partial charge in [0.15, 0.2) is 0 Å². The van der Waals surface area contributed by atoms with Crippen molar-refractivity contribution in [1.82, 2.24) is 9.97 Å². The van der Waals surface area contributed by atoms with Crippen molar-refractivity contribution < 1.29 is 4.79 Å². The first-order chi connectivity index (χ1) is 12.2. The molecule has 0 saturated heterocycles. The number of nitrogens with zero attached hydrogens (tertiary/aromatic N) is 2. The molecule has 3 rings (SSSR count). The number of hydrogen-bond acceptors (Lipinski definition) is 5. The average molecular weight is 350 g/mol. The summed E-state index contributed by atoms with van der Waals surface area (Å²) in [6.07, 6.45) is 5.50. The highest BCUT2D eigenvalue weighted by atomic mass is 32.2. The second-order valence-corrected chi connectivity index (χ2v) is 6.25. The number of carbonyl (C=O) groups is 1. The zero-order chi connectivity index (χ0) is 17.6. The molecule has 0 fully saturated rings. The molecule has 126 valence electrons. The Kier molecular flexibility index (Phi) is 5.30. The van der Waals surface area contributed by atoms with E-state index in [0.29, 0.717) is 5.82 Å². The van der Waals surface area contributed by atoms with Crippen LogP contribution in [0.4, 0.5) is 17.2 Å². The lowest BCUT2D eigenvalue weighted by Gasteiger charge is -2.14. The maximum absolute atomic E-state index is 11.3. The normalized spacial score (nSPS) is 10.3. The minimum absolute atomic E-state index is 0.159. The number of carbonyl (C=O) groups excluding carboxylic acids is 1. The molecule has 25 heavy (non-hydrogen) atoms. The van der Waals surface area contributed by atoms with Crippen LogP contribution in [0, 0.1) is 0 Å². The quantitative estimate of drug-likeness (QED) is 0.660. The van der Waals surface area contributed by atoms with Crippen molar-refractivity contribution in [2.45, 2.75) is 11.8 Å². The Morgan fingerprint density at radius 2 is 1.96 bits per heavy atom. The summed E-state index contributed by atoms with van der Waals surface area (Å²) in [6, 6.07) is 15.7. The van der Waals surface area contributed by atoms with Crippen molar-refractivity contribution in [2.24, 2.45) is 0 Å². The van der Waals surface area contributed by atoms with Crippen LogP contribution in [0.3, 0.4) is 0 Å². The number of pyridine rings is 2. The zero-order valence-corrected chi connectivity index (χ0v) is 14.8. The van der Waals surface area contributed by atoms with Gasteiger partial charge in [-0.15, -0.1) is 11.8 Å². The summed E-state index contributed by atoms with van der Waals surface area (Å²) >= 11 is 1.68. The summed E-state index contributed by atoms with van der Waals surface area (Å²) in [7, 11) is 0.